The number of anilines is 2. The number of rotatable bonds is 8. The molecule has 3 aromatic heterocycles. The highest BCUT2D eigenvalue weighted by molar-refractivity contribution is 7.15. The van der Waals surface area contributed by atoms with Crippen LogP contribution in [0.2, 0.25) is 0 Å². The molecule has 9 nitrogen and oxygen atoms in total. The first-order valence-corrected chi connectivity index (χ1v) is 13.1. The van der Waals surface area contributed by atoms with Gasteiger partial charge in [0.1, 0.15) is 15.8 Å². The summed E-state index contributed by atoms with van der Waals surface area (Å²) < 4.78 is 13.8. The van der Waals surface area contributed by atoms with E-state index in [9.17, 15) is 14.0 Å². The molecular formula is C24H22FN7O2S2. The Labute approximate surface area is 214 Å². The molecule has 0 bridgehead atoms. The quantitative estimate of drug-likeness (QED) is 0.349. The fraction of sp³-hybridized carbons (Fsp3) is 0.292. The summed E-state index contributed by atoms with van der Waals surface area (Å²) in [7, 11) is 0. The van der Waals surface area contributed by atoms with Crippen molar-refractivity contribution in [1.29, 1.82) is 0 Å². The highest BCUT2D eigenvalue weighted by Crippen LogP contribution is 2.41. The van der Waals surface area contributed by atoms with Crippen molar-refractivity contribution >= 4 is 44.8 Å². The van der Waals surface area contributed by atoms with Crippen LogP contribution in [-0.4, -0.2) is 37.2 Å². The first-order chi connectivity index (χ1) is 17.5. The fourth-order valence-corrected chi connectivity index (χ4v) is 5.96. The van der Waals surface area contributed by atoms with Crippen LogP contribution >= 0.6 is 22.7 Å². The van der Waals surface area contributed by atoms with E-state index in [2.05, 4.69) is 36.0 Å². The van der Waals surface area contributed by atoms with Crippen molar-refractivity contribution in [3.05, 3.63) is 75.8 Å². The molecule has 2 atom stereocenters. The van der Waals surface area contributed by atoms with Crippen LogP contribution in [-0.2, 0) is 17.6 Å². The lowest BCUT2D eigenvalue weighted by molar-refractivity contribution is -0.115. The van der Waals surface area contributed by atoms with E-state index in [1.165, 1.54) is 40.9 Å². The van der Waals surface area contributed by atoms with Crippen LogP contribution in [0, 0.1) is 11.7 Å². The molecule has 2 amide bonds. The summed E-state index contributed by atoms with van der Waals surface area (Å²) in [6.07, 6.45) is 5.53. The monoisotopic (exact) mass is 523 g/mol. The summed E-state index contributed by atoms with van der Waals surface area (Å²) in [6, 6.07) is 11.3. The summed E-state index contributed by atoms with van der Waals surface area (Å²) in [6.45, 7) is 0. The van der Waals surface area contributed by atoms with Gasteiger partial charge in [-0.1, -0.05) is 40.9 Å². The van der Waals surface area contributed by atoms with E-state index in [0.29, 0.717) is 21.9 Å². The average Bonchev–Trinajstić information content (AvgIpc) is 3.62. The Bertz CT molecular complexity index is 1360. The normalized spacial score (nSPS) is 17.1. The highest BCUT2D eigenvalue weighted by atomic mass is 32.1. The number of carbonyl (C=O) groups is 2. The number of pyridine rings is 1. The van der Waals surface area contributed by atoms with Crippen molar-refractivity contribution in [2.24, 2.45) is 5.92 Å². The smallest absolute Gasteiger partial charge is 0.260 e. The third-order valence-electron chi connectivity index (χ3n) is 5.91. The lowest BCUT2D eigenvalue weighted by atomic mass is 10.0. The van der Waals surface area contributed by atoms with E-state index in [1.807, 2.05) is 18.2 Å². The van der Waals surface area contributed by atoms with Crippen LogP contribution < -0.4 is 10.6 Å². The Morgan fingerprint density at radius 1 is 0.944 bits per heavy atom. The van der Waals surface area contributed by atoms with Crippen LogP contribution in [0.3, 0.4) is 0 Å². The van der Waals surface area contributed by atoms with Crippen molar-refractivity contribution in [2.45, 2.75) is 38.0 Å². The molecule has 0 aliphatic heterocycles. The number of halogens is 1. The molecule has 0 spiro atoms. The fourth-order valence-electron chi connectivity index (χ4n) is 4.21. The van der Waals surface area contributed by atoms with Crippen molar-refractivity contribution in [1.82, 2.24) is 25.4 Å². The van der Waals surface area contributed by atoms with Crippen molar-refractivity contribution < 1.29 is 14.0 Å². The maximum Gasteiger partial charge on any atom is 0.260 e. The summed E-state index contributed by atoms with van der Waals surface area (Å²) in [4.78, 5) is 28.7. The minimum absolute atomic E-state index is 0.0303. The zero-order valence-corrected chi connectivity index (χ0v) is 20.7. The minimum atomic E-state index is -0.579. The summed E-state index contributed by atoms with van der Waals surface area (Å²) >= 11 is 2.71. The molecule has 184 valence electrons. The van der Waals surface area contributed by atoms with Gasteiger partial charge in [-0.3, -0.25) is 19.9 Å². The Hall–Kier alpha value is -3.64. The van der Waals surface area contributed by atoms with Crippen molar-refractivity contribution in [3.63, 3.8) is 0 Å². The predicted octanol–water partition coefficient (Wildman–Crippen LogP) is 4.48. The van der Waals surface area contributed by atoms with Gasteiger partial charge < -0.3 is 5.32 Å². The number of aromatic nitrogens is 5. The average molecular weight is 524 g/mol. The first-order valence-electron chi connectivity index (χ1n) is 11.4. The van der Waals surface area contributed by atoms with Gasteiger partial charge in [0.2, 0.25) is 16.2 Å². The molecule has 12 heteroatoms. The van der Waals surface area contributed by atoms with Crippen molar-refractivity contribution in [2.75, 3.05) is 10.6 Å². The van der Waals surface area contributed by atoms with Crippen molar-refractivity contribution in [3.8, 4) is 0 Å². The van der Waals surface area contributed by atoms with Gasteiger partial charge in [0.25, 0.3) is 5.91 Å². The number of carbonyl (C=O) groups excluding carboxylic acids is 2. The number of amides is 2. The van der Waals surface area contributed by atoms with Crippen LogP contribution in [0.5, 0.6) is 0 Å². The number of nitrogens with zero attached hydrogens (tertiary/aromatic N) is 5. The molecule has 1 fully saturated rings. The molecule has 1 aliphatic carbocycles. The molecule has 1 saturated carbocycles. The van der Waals surface area contributed by atoms with E-state index in [4.69, 9.17) is 0 Å². The minimum Gasteiger partial charge on any atom is -0.300 e. The Balaban J connectivity index is 1.12. The number of hydrogen-bond acceptors (Lipinski definition) is 9. The largest absolute Gasteiger partial charge is 0.300 e. The summed E-state index contributed by atoms with van der Waals surface area (Å²) in [5.41, 5.74) is 0.669. The van der Waals surface area contributed by atoms with E-state index in [1.54, 1.807) is 12.3 Å². The molecular weight excluding hydrogens is 501 g/mol. The van der Waals surface area contributed by atoms with E-state index in [0.717, 1.165) is 35.7 Å². The zero-order valence-electron chi connectivity index (χ0n) is 19.1. The molecule has 0 radical (unpaired) electrons. The number of benzene rings is 1. The first kappa shape index (κ1) is 24.1. The van der Waals surface area contributed by atoms with Gasteiger partial charge in [0.05, 0.1) is 12.0 Å². The van der Waals surface area contributed by atoms with Gasteiger partial charge in [0, 0.05) is 24.2 Å². The second-order valence-corrected chi connectivity index (χ2v) is 10.6. The van der Waals surface area contributed by atoms with Gasteiger partial charge in [-0.05, 0) is 49.4 Å². The molecule has 4 aromatic rings. The molecule has 1 aromatic carbocycles. The maximum absolute atomic E-state index is 13.8. The summed E-state index contributed by atoms with van der Waals surface area (Å²) in [5.74, 6) is -0.610. The lowest BCUT2D eigenvalue weighted by Crippen LogP contribution is -2.14. The molecule has 3 heterocycles. The standard InChI is InChI=1S/C24H22FN7O2S2/c25-18-7-2-1-6-17(18)21(34)28-24-31-29-20(35-24)12-14-8-9-15(11-14)22-30-32-23(36-22)27-19(33)13-16-5-3-4-10-26-16/h1-7,10,14-15H,8-9,11-13H2,(H,27,32,33)(H,28,31,34)/t14-,15+/m1/s1. The maximum atomic E-state index is 13.8. The molecule has 1 aliphatic rings. The SMILES string of the molecule is O=C(Cc1ccccn1)Nc1nnc([C@H]2CC[C@@H](Cc3nnc(NC(=O)c4ccccc4F)s3)C2)s1. The topological polar surface area (TPSA) is 123 Å². The molecule has 2 N–H and O–H groups in total. The molecule has 0 saturated heterocycles. The second kappa shape index (κ2) is 11.0. The lowest BCUT2D eigenvalue weighted by Gasteiger charge is -2.07. The zero-order chi connectivity index (χ0) is 24.9. The Morgan fingerprint density at radius 3 is 2.58 bits per heavy atom. The summed E-state index contributed by atoms with van der Waals surface area (Å²) in [5, 5.41) is 24.7. The Kier molecular flexibility index (Phi) is 7.33. The highest BCUT2D eigenvalue weighted by Gasteiger charge is 2.30. The Morgan fingerprint density at radius 2 is 1.75 bits per heavy atom. The van der Waals surface area contributed by atoms with Crippen LogP contribution in [0.4, 0.5) is 14.7 Å². The van der Waals surface area contributed by atoms with E-state index < -0.39 is 11.7 Å². The van der Waals surface area contributed by atoms with Gasteiger partial charge in [-0.15, -0.1) is 20.4 Å². The third-order valence-corrected chi connectivity index (χ3v) is 7.78. The van der Waals surface area contributed by atoms with Crippen LogP contribution in [0.15, 0.2) is 48.7 Å². The number of nitrogens with one attached hydrogen (secondary N) is 2. The van der Waals surface area contributed by atoms with E-state index >= 15 is 0 Å². The second-order valence-electron chi connectivity index (χ2n) is 8.51. The van der Waals surface area contributed by atoms with Crippen LogP contribution in [0.1, 0.15) is 51.2 Å². The van der Waals surface area contributed by atoms with Gasteiger partial charge in [-0.25, -0.2) is 4.39 Å². The van der Waals surface area contributed by atoms with Gasteiger partial charge in [0.15, 0.2) is 0 Å². The molecule has 0 unspecified atom stereocenters. The van der Waals surface area contributed by atoms with Gasteiger partial charge >= 0.3 is 0 Å². The van der Waals surface area contributed by atoms with Gasteiger partial charge in [-0.2, -0.15) is 0 Å². The molecule has 36 heavy (non-hydrogen) atoms. The third kappa shape index (κ3) is 5.94. The molecule has 5 rings (SSSR count). The van der Waals surface area contributed by atoms with E-state index in [-0.39, 0.29) is 23.8 Å². The number of hydrogen-bond donors (Lipinski definition) is 2. The predicted molar refractivity (Wildman–Crippen MR) is 135 cm³/mol. The van der Waals surface area contributed by atoms with Crippen LogP contribution in [0.25, 0.3) is 0 Å².